The summed E-state index contributed by atoms with van der Waals surface area (Å²) in [5.41, 5.74) is 4.96. The fraction of sp³-hybridized carbons (Fsp3) is 0.200. The quantitative estimate of drug-likeness (QED) is 0.152. The van der Waals surface area contributed by atoms with Crippen molar-refractivity contribution in [2.24, 2.45) is 0 Å². The van der Waals surface area contributed by atoms with Crippen LogP contribution < -0.4 is 4.74 Å². The van der Waals surface area contributed by atoms with Gasteiger partial charge in [0.25, 0.3) is 0 Å². The minimum absolute atomic E-state index is 0.222. The van der Waals surface area contributed by atoms with Gasteiger partial charge in [0.2, 0.25) is 0 Å². The van der Waals surface area contributed by atoms with Crippen molar-refractivity contribution >= 4 is 41.3 Å². The largest absolute Gasteiger partial charge is 0.494 e. The van der Waals surface area contributed by atoms with Crippen molar-refractivity contribution < 1.29 is 14.3 Å². The lowest BCUT2D eigenvalue weighted by molar-refractivity contribution is -0.140. The highest BCUT2D eigenvalue weighted by molar-refractivity contribution is 6.36. The summed E-state index contributed by atoms with van der Waals surface area (Å²) >= 11 is 12.4. The molecule has 0 fully saturated rings. The number of carbonyl (C=O) groups excluding carboxylic acids is 1. The number of rotatable bonds is 10. The van der Waals surface area contributed by atoms with Crippen LogP contribution in [0.2, 0.25) is 10.0 Å². The number of hydrogen-bond acceptors (Lipinski definition) is 4. The second-order valence-corrected chi connectivity index (χ2v) is 9.25. The molecule has 0 saturated carbocycles. The van der Waals surface area contributed by atoms with Gasteiger partial charge in [0.15, 0.2) is 0 Å². The molecule has 7 heteroatoms. The van der Waals surface area contributed by atoms with Crippen molar-refractivity contribution in [3.63, 3.8) is 0 Å². The highest BCUT2D eigenvalue weighted by atomic mass is 35.5. The van der Waals surface area contributed by atoms with Gasteiger partial charge in [-0.25, -0.2) is 4.98 Å². The first-order chi connectivity index (χ1) is 18.0. The molecule has 0 aliphatic heterocycles. The molecule has 190 valence electrons. The Morgan fingerprint density at radius 2 is 1.68 bits per heavy atom. The second-order valence-electron chi connectivity index (χ2n) is 8.40. The van der Waals surface area contributed by atoms with Crippen LogP contribution in [0.5, 0.6) is 5.75 Å². The summed E-state index contributed by atoms with van der Waals surface area (Å²) in [5.74, 6) is 1.41. The van der Waals surface area contributed by atoms with Crippen molar-refractivity contribution in [1.82, 2.24) is 9.55 Å². The number of esters is 1. The topological polar surface area (TPSA) is 53.4 Å². The molecule has 1 aromatic heterocycles. The summed E-state index contributed by atoms with van der Waals surface area (Å²) in [6, 6.07) is 21.7. The molecule has 4 aromatic rings. The number of halogens is 2. The van der Waals surface area contributed by atoms with E-state index in [4.69, 9.17) is 32.9 Å². The Labute approximate surface area is 227 Å². The lowest BCUT2D eigenvalue weighted by atomic mass is 10.0. The summed E-state index contributed by atoms with van der Waals surface area (Å²) in [4.78, 5) is 16.0. The van der Waals surface area contributed by atoms with E-state index in [9.17, 15) is 4.79 Å². The minimum atomic E-state index is -0.222. The minimum Gasteiger partial charge on any atom is -0.494 e. The van der Waals surface area contributed by atoms with E-state index in [2.05, 4.69) is 46.6 Å². The predicted molar refractivity (Wildman–Crippen MR) is 151 cm³/mol. The van der Waals surface area contributed by atoms with Crippen LogP contribution in [0.15, 0.2) is 72.9 Å². The van der Waals surface area contributed by atoms with Gasteiger partial charge in [-0.15, -0.1) is 0 Å². The monoisotopic (exact) mass is 534 g/mol. The van der Waals surface area contributed by atoms with E-state index in [-0.39, 0.29) is 5.97 Å². The van der Waals surface area contributed by atoms with Crippen LogP contribution >= 0.6 is 23.2 Å². The van der Waals surface area contributed by atoms with Crippen molar-refractivity contribution in [2.45, 2.75) is 26.3 Å². The van der Waals surface area contributed by atoms with E-state index < -0.39 is 0 Å². The fourth-order valence-corrected chi connectivity index (χ4v) is 4.36. The molecular weight excluding hydrogens is 507 g/mol. The Kier molecular flexibility index (Phi) is 9.04. The first-order valence-electron chi connectivity index (χ1n) is 12.1. The molecule has 5 nitrogen and oxygen atoms in total. The van der Waals surface area contributed by atoms with Gasteiger partial charge < -0.3 is 14.0 Å². The number of aromatic nitrogens is 2. The summed E-state index contributed by atoms with van der Waals surface area (Å²) < 4.78 is 12.4. The van der Waals surface area contributed by atoms with Gasteiger partial charge in [-0.2, -0.15) is 0 Å². The molecule has 0 atom stereocenters. The Morgan fingerprint density at radius 3 is 2.32 bits per heavy atom. The number of nitrogens with zero attached hydrogens (tertiary/aromatic N) is 2. The van der Waals surface area contributed by atoms with Gasteiger partial charge in [-0.3, -0.25) is 4.79 Å². The predicted octanol–water partition coefficient (Wildman–Crippen LogP) is 8.05. The number of aryl methyl sites for hydroxylation is 1. The third-order valence-corrected chi connectivity index (χ3v) is 6.45. The van der Waals surface area contributed by atoms with E-state index in [1.807, 2.05) is 48.7 Å². The SMILES string of the molecule is CCn1cc(-c2ccc(Cl)cc2Cl)nc1C=Cc1ccc(-c2ccc(OCCCC(=O)OC)cc2)cc1. The Morgan fingerprint density at radius 1 is 0.973 bits per heavy atom. The average molecular weight is 535 g/mol. The first-order valence-corrected chi connectivity index (χ1v) is 12.8. The van der Waals surface area contributed by atoms with Gasteiger partial charge in [-0.1, -0.05) is 65.7 Å². The molecule has 0 bridgehead atoms. The molecule has 0 aliphatic carbocycles. The number of ether oxygens (including phenoxy) is 2. The molecule has 1 heterocycles. The van der Waals surface area contributed by atoms with Gasteiger partial charge in [0.05, 0.1) is 24.4 Å². The molecule has 37 heavy (non-hydrogen) atoms. The van der Waals surface area contributed by atoms with Gasteiger partial charge in [0, 0.05) is 29.7 Å². The molecule has 0 aliphatic rings. The van der Waals surface area contributed by atoms with Crippen LogP contribution in [-0.2, 0) is 16.1 Å². The van der Waals surface area contributed by atoms with Gasteiger partial charge in [0.1, 0.15) is 11.6 Å². The van der Waals surface area contributed by atoms with Crippen molar-refractivity contribution in [3.8, 4) is 28.1 Å². The summed E-state index contributed by atoms with van der Waals surface area (Å²) in [6.07, 6.45) is 7.05. The lowest BCUT2D eigenvalue weighted by Gasteiger charge is -2.07. The highest BCUT2D eigenvalue weighted by Crippen LogP contribution is 2.30. The molecule has 0 saturated heterocycles. The van der Waals surface area contributed by atoms with Crippen molar-refractivity contribution in [3.05, 3.63) is 94.4 Å². The van der Waals surface area contributed by atoms with Gasteiger partial charge >= 0.3 is 5.97 Å². The van der Waals surface area contributed by atoms with Crippen molar-refractivity contribution in [1.29, 1.82) is 0 Å². The molecule has 4 rings (SSSR count). The third kappa shape index (κ3) is 7.03. The zero-order valence-corrected chi connectivity index (χ0v) is 22.3. The van der Waals surface area contributed by atoms with Crippen LogP contribution in [-0.4, -0.2) is 29.2 Å². The van der Waals surface area contributed by atoms with E-state index >= 15 is 0 Å². The average Bonchev–Trinajstić information content (AvgIpc) is 3.33. The summed E-state index contributed by atoms with van der Waals surface area (Å²) in [5, 5.41) is 1.18. The summed E-state index contributed by atoms with van der Waals surface area (Å²) in [7, 11) is 1.39. The Balaban J connectivity index is 1.40. The fourth-order valence-electron chi connectivity index (χ4n) is 3.85. The molecule has 0 radical (unpaired) electrons. The number of carbonyl (C=O) groups is 1. The lowest BCUT2D eigenvalue weighted by Crippen LogP contribution is -2.04. The molecule has 0 spiro atoms. The number of methoxy groups -OCH3 is 1. The molecule has 0 unspecified atom stereocenters. The molecular formula is C30H28Cl2N2O3. The van der Waals surface area contributed by atoms with Crippen LogP contribution in [0.1, 0.15) is 31.2 Å². The van der Waals surface area contributed by atoms with Gasteiger partial charge in [-0.05, 0) is 66.4 Å². The van der Waals surface area contributed by atoms with Crippen LogP contribution in [0.3, 0.4) is 0 Å². The first kappa shape index (κ1) is 26.5. The van der Waals surface area contributed by atoms with Crippen LogP contribution in [0, 0.1) is 0 Å². The van der Waals surface area contributed by atoms with E-state index in [1.54, 1.807) is 6.07 Å². The standard InChI is InChI=1S/C30H28Cl2N2O3/c1-3-34-20-28(26-16-13-24(31)19-27(26)32)33-29(34)17-8-21-6-9-22(10-7-21)23-11-14-25(15-12-23)37-18-4-5-30(35)36-2/h6-17,19-20H,3-5,18H2,1-2H3. The third-order valence-electron chi connectivity index (χ3n) is 5.90. The normalized spacial score (nSPS) is 11.1. The number of imidazole rings is 1. The van der Waals surface area contributed by atoms with Crippen LogP contribution in [0.4, 0.5) is 0 Å². The smallest absolute Gasteiger partial charge is 0.305 e. The van der Waals surface area contributed by atoms with E-state index in [0.717, 1.165) is 46.1 Å². The Hall–Kier alpha value is -3.54. The van der Waals surface area contributed by atoms with Crippen molar-refractivity contribution in [2.75, 3.05) is 13.7 Å². The second kappa shape index (κ2) is 12.6. The molecule has 3 aromatic carbocycles. The molecule has 0 amide bonds. The number of benzene rings is 3. The van der Waals surface area contributed by atoms with Crippen LogP contribution in [0.25, 0.3) is 34.5 Å². The highest BCUT2D eigenvalue weighted by Gasteiger charge is 2.10. The zero-order chi connectivity index (χ0) is 26.2. The van der Waals surface area contributed by atoms with E-state index in [0.29, 0.717) is 29.5 Å². The number of hydrogen-bond donors (Lipinski definition) is 0. The maximum atomic E-state index is 11.2. The van der Waals surface area contributed by atoms with E-state index in [1.165, 1.54) is 7.11 Å². The Bertz CT molecular complexity index is 1380. The summed E-state index contributed by atoms with van der Waals surface area (Å²) in [6.45, 7) is 3.35. The maximum Gasteiger partial charge on any atom is 0.305 e. The maximum absolute atomic E-state index is 11.2. The molecule has 0 N–H and O–H groups in total. The zero-order valence-electron chi connectivity index (χ0n) is 20.8.